The Balaban J connectivity index is 1.23. The highest BCUT2D eigenvalue weighted by molar-refractivity contribution is 6.01. The van der Waals surface area contributed by atoms with Crippen molar-refractivity contribution in [3.05, 3.63) is 89.5 Å². The van der Waals surface area contributed by atoms with E-state index in [4.69, 9.17) is 4.74 Å². The molecule has 4 N–H and O–H groups in total. The molecule has 2 amide bonds. The quantitative estimate of drug-likeness (QED) is 0.255. The fourth-order valence-electron chi connectivity index (χ4n) is 4.32. The van der Waals surface area contributed by atoms with Gasteiger partial charge in [0.15, 0.2) is 0 Å². The van der Waals surface area contributed by atoms with E-state index in [2.05, 4.69) is 25.9 Å². The maximum absolute atomic E-state index is 13.4. The van der Waals surface area contributed by atoms with E-state index >= 15 is 0 Å². The van der Waals surface area contributed by atoms with Crippen LogP contribution in [0.4, 0.5) is 28.9 Å². The maximum Gasteiger partial charge on any atom is 0.418 e. The summed E-state index contributed by atoms with van der Waals surface area (Å²) in [5, 5.41) is 8.25. The van der Waals surface area contributed by atoms with Crippen molar-refractivity contribution in [2.24, 2.45) is 0 Å². The van der Waals surface area contributed by atoms with E-state index in [9.17, 15) is 27.2 Å². The van der Waals surface area contributed by atoms with Crippen LogP contribution < -0.4 is 16.0 Å². The topological polar surface area (TPSA) is 108 Å². The Morgan fingerprint density at radius 3 is 2.59 bits per heavy atom. The van der Waals surface area contributed by atoms with E-state index in [-0.39, 0.29) is 25.3 Å². The molecule has 2 aromatic carbocycles. The molecule has 4 aromatic rings. The zero-order valence-corrected chi connectivity index (χ0v) is 20.4. The summed E-state index contributed by atoms with van der Waals surface area (Å²) in [4.78, 5) is 33.3. The predicted molar refractivity (Wildman–Crippen MR) is 135 cm³/mol. The van der Waals surface area contributed by atoms with Gasteiger partial charge in [0.1, 0.15) is 11.4 Å². The number of alkyl halides is 3. The number of amides is 2. The number of H-pyrrole nitrogens is 1. The molecule has 1 atom stereocenters. The van der Waals surface area contributed by atoms with Crippen LogP contribution in [0.15, 0.2) is 67.0 Å². The van der Waals surface area contributed by atoms with Crippen molar-refractivity contribution in [2.45, 2.75) is 24.7 Å². The summed E-state index contributed by atoms with van der Waals surface area (Å²) in [6.45, 7) is 0.410. The molecule has 0 spiro atoms. The van der Waals surface area contributed by atoms with Gasteiger partial charge in [-0.3, -0.25) is 14.6 Å². The summed E-state index contributed by atoms with van der Waals surface area (Å²) >= 11 is 0. The molecule has 0 bridgehead atoms. The van der Waals surface area contributed by atoms with Gasteiger partial charge in [0.25, 0.3) is 5.91 Å². The average Bonchev–Trinajstić information content (AvgIpc) is 3.58. The minimum atomic E-state index is -4.73. The van der Waals surface area contributed by atoms with E-state index in [0.29, 0.717) is 40.5 Å². The number of aromatic nitrogens is 2. The summed E-state index contributed by atoms with van der Waals surface area (Å²) < 4.78 is 58.6. The van der Waals surface area contributed by atoms with Gasteiger partial charge in [0.05, 0.1) is 34.5 Å². The second-order valence-electron chi connectivity index (χ2n) is 9.17. The molecule has 12 heteroatoms. The van der Waals surface area contributed by atoms with Crippen molar-refractivity contribution in [1.29, 1.82) is 0 Å². The van der Waals surface area contributed by atoms with Crippen molar-refractivity contribution in [3.8, 4) is 0 Å². The van der Waals surface area contributed by atoms with Crippen LogP contribution in [0.2, 0.25) is 0 Å². The van der Waals surface area contributed by atoms with Crippen LogP contribution >= 0.6 is 0 Å². The molecular formula is C27H23F4N5O3. The zero-order valence-electron chi connectivity index (χ0n) is 20.4. The lowest BCUT2D eigenvalue weighted by atomic mass is 9.96. The second-order valence-corrected chi connectivity index (χ2v) is 9.17. The number of fused-ring (bicyclic) bond motifs is 1. The van der Waals surface area contributed by atoms with E-state index < -0.39 is 34.9 Å². The Labute approximate surface area is 219 Å². The van der Waals surface area contributed by atoms with Gasteiger partial charge in [-0.1, -0.05) is 12.1 Å². The van der Waals surface area contributed by atoms with E-state index in [1.807, 2.05) is 0 Å². The minimum absolute atomic E-state index is 0.00478. The van der Waals surface area contributed by atoms with Gasteiger partial charge in [-0.05, 0) is 48.0 Å². The highest BCUT2D eigenvalue weighted by Gasteiger charge is 2.43. The van der Waals surface area contributed by atoms with Gasteiger partial charge in [0, 0.05) is 37.7 Å². The van der Waals surface area contributed by atoms with Crippen molar-refractivity contribution in [3.63, 3.8) is 0 Å². The number of carbonyl (C=O) groups is 2. The van der Waals surface area contributed by atoms with Crippen LogP contribution in [-0.4, -0.2) is 40.5 Å². The highest BCUT2D eigenvalue weighted by Crippen LogP contribution is 2.36. The smallest absolute Gasteiger partial charge is 0.378 e. The lowest BCUT2D eigenvalue weighted by Gasteiger charge is -2.27. The fraction of sp³-hybridized carbons (Fsp3) is 0.222. The normalized spacial score (nSPS) is 17.2. The number of aromatic amines is 1. The highest BCUT2D eigenvalue weighted by atomic mass is 19.4. The lowest BCUT2D eigenvalue weighted by Crippen LogP contribution is -2.59. The number of nitrogens with one attached hydrogen (secondary N) is 4. The Morgan fingerprint density at radius 2 is 1.87 bits per heavy atom. The van der Waals surface area contributed by atoms with Crippen molar-refractivity contribution < 1.29 is 31.9 Å². The lowest BCUT2D eigenvalue weighted by molar-refractivity contribution is -0.137. The van der Waals surface area contributed by atoms with Gasteiger partial charge >= 0.3 is 6.18 Å². The molecule has 3 heterocycles. The standard InChI is InChI=1S/C27H23F4N5O3/c28-18-3-6-21(20(12-18)27(29,30)31)35-19-4-1-16(2-5-19)13-34-25(38)26(8-10-39-15-26)36-24(37)17-11-23-22(33-14-17)7-9-32-23/h1-7,9,11-12,14,32,35H,8,10,13,15H2,(H,34,38)(H,36,37)/t26-/m0/s1. The van der Waals surface area contributed by atoms with Crippen LogP contribution in [-0.2, 0) is 22.3 Å². The molecule has 1 aliphatic heterocycles. The summed E-state index contributed by atoms with van der Waals surface area (Å²) in [7, 11) is 0. The number of hydrogen-bond donors (Lipinski definition) is 4. The van der Waals surface area contributed by atoms with Gasteiger partial charge in [-0.2, -0.15) is 13.2 Å². The molecule has 1 saturated heterocycles. The number of carbonyl (C=O) groups excluding carboxylic acids is 2. The summed E-state index contributed by atoms with van der Waals surface area (Å²) in [5.74, 6) is -1.88. The van der Waals surface area contributed by atoms with Gasteiger partial charge in [-0.15, -0.1) is 0 Å². The number of halogens is 4. The molecule has 39 heavy (non-hydrogen) atoms. The Morgan fingerprint density at radius 1 is 1.08 bits per heavy atom. The third-order valence-corrected chi connectivity index (χ3v) is 6.44. The molecular weight excluding hydrogens is 518 g/mol. The first-order valence-electron chi connectivity index (χ1n) is 12.0. The van der Waals surface area contributed by atoms with Crippen LogP contribution in [0.5, 0.6) is 0 Å². The number of rotatable bonds is 7. The monoisotopic (exact) mass is 541 g/mol. The summed E-state index contributed by atoms with van der Waals surface area (Å²) in [6.07, 6.45) is -1.30. The first-order valence-corrected chi connectivity index (χ1v) is 12.0. The Bertz CT molecular complexity index is 1510. The molecule has 1 fully saturated rings. The summed E-state index contributed by atoms with van der Waals surface area (Å²) in [6, 6.07) is 12.2. The minimum Gasteiger partial charge on any atom is -0.378 e. The van der Waals surface area contributed by atoms with Crippen molar-refractivity contribution >= 4 is 34.2 Å². The Hall–Kier alpha value is -4.45. The Kier molecular flexibility index (Phi) is 6.96. The van der Waals surface area contributed by atoms with E-state index in [0.717, 1.165) is 12.1 Å². The number of benzene rings is 2. The van der Waals surface area contributed by atoms with E-state index in [1.54, 1.807) is 42.6 Å². The van der Waals surface area contributed by atoms with Gasteiger partial charge in [-0.25, -0.2) is 4.39 Å². The SMILES string of the molecule is O=C(N[C@@]1(C(=O)NCc2ccc(Nc3ccc(F)cc3C(F)(F)F)cc2)CCOC1)c1cnc2cc[nH]c2c1. The molecule has 0 unspecified atom stereocenters. The molecule has 0 saturated carbocycles. The maximum atomic E-state index is 13.4. The first kappa shape index (κ1) is 26.2. The van der Waals surface area contributed by atoms with Gasteiger partial charge in [0.2, 0.25) is 5.91 Å². The molecule has 8 nitrogen and oxygen atoms in total. The molecule has 0 radical (unpaired) electrons. The number of nitrogens with zero attached hydrogens (tertiary/aromatic N) is 1. The first-order chi connectivity index (χ1) is 18.6. The molecule has 202 valence electrons. The average molecular weight is 542 g/mol. The fourth-order valence-corrected chi connectivity index (χ4v) is 4.32. The third-order valence-electron chi connectivity index (χ3n) is 6.44. The van der Waals surface area contributed by atoms with Crippen molar-refractivity contribution in [1.82, 2.24) is 20.6 Å². The van der Waals surface area contributed by atoms with E-state index in [1.165, 1.54) is 6.20 Å². The van der Waals surface area contributed by atoms with Crippen LogP contribution in [0.1, 0.15) is 27.9 Å². The largest absolute Gasteiger partial charge is 0.418 e. The third kappa shape index (κ3) is 5.70. The van der Waals surface area contributed by atoms with Crippen LogP contribution in [0.3, 0.4) is 0 Å². The zero-order chi connectivity index (χ0) is 27.6. The molecule has 5 rings (SSSR count). The number of anilines is 2. The summed E-state index contributed by atoms with van der Waals surface area (Å²) in [5.41, 5.74) is 0.0529. The van der Waals surface area contributed by atoms with Crippen molar-refractivity contribution in [2.75, 3.05) is 18.5 Å². The predicted octanol–water partition coefficient (Wildman–Crippen LogP) is 4.67. The second kappa shape index (κ2) is 10.4. The number of pyridine rings is 1. The molecule has 1 aliphatic rings. The number of hydrogen-bond acceptors (Lipinski definition) is 5. The van der Waals surface area contributed by atoms with Gasteiger partial charge < -0.3 is 25.7 Å². The van der Waals surface area contributed by atoms with Crippen LogP contribution in [0, 0.1) is 5.82 Å². The van der Waals surface area contributed by atoms with Crippen LogP contribution in [0.25, 0.3) is 11.0 Å². The molecule has 2 aromatic heterocycles. The molecule has 0 aliphatic carbocycles. The number of ether oxygens (including phenoxy) is 1.